The number of fused-ring (bicyclic) bond motifs is 5. The quantitative estimate of drug-likeness (QED) is 0.350. The third kappa shape index (κ3) is 5.18. The van der Waals surface area contributed by atoms with Gasteiger partial charge in [-0.2, -0.15) is 0 Å². The Bertz CT molecular complexity index is 870. The molecule has 4 unspecified atom stereocenters. The molecule has 2 aliphatic heterocycles. The summed E-state index contributed by atoms with van der Waals surface area (Å²) in [7, 11) is 0. The van der Waals surface area contributed by atoms with Crippen molar-refractivity contribution in [1.29, 1.82) is 0 Å². The third-order valence-electron chi connectivity index (χ3n) is 7.35. The van der Waals surface area contributed by atoms with E-state index in [1.165, 1.54) is 26.3 Å². The first-order valence-corrected chi connectivity index (χ1v) is 11.8. The summed E-state index contributed by atoms with van der Waals surface area (Å²) in [5, 5.41) is 0. The van der Waals surface area contributed by atoms with Gasteiger partial charge < -0.3 is 18.9 Å². The van der Waals surface area contributed by atoms with Crippen LogP contribution in [0.25, 0.3) is 0 Å². The molecule has 184 valence electrons. The highest BCUT2D eigenvalue weighted by Gasteiger charge is 2.62. The third-order valence-corrected chi connectivity index (χ3v) is 7.35. The molecular formula is C26H38O7. The first-order valence-electron chi connectivity index (χ1n) is 11.8. The van der Waals surface area contributed by atoms with Crippen LogP contribution in [0.2, 0.25) is 0 Å². The normalized spacial score (nSPS) is 37.8. The van der Waals surface area contributed by atoms with Crippen molar-refractivity contribution in [1.82, 2.24) is 0 Å². The second-order valence-corrected chi connectivity index (χ2v) is 10.6. The van der Waals surface area contributed by atoms with Crippen molar-refractivity contribution in [3.63, 3.8) is 0 Å². The first-order chi connectivity index (χ1) is 15.2. The van der Waals surface area contributed by atoms with Gasteiger partial charge in [0, 0.05) is 38.5 Å². The van der Waals surface area contributed by atoms with E-state index < -0.39 is 35.3 Å². The van der Waals surface area contributed by atoms with E-state index in [0.717, 1.165) is 18.4 Å². The number of hydrogen-bond acceptors (Lipinski definition) is 7. The number of rotatable bonds is 4. The lowest BCUT2D eigenvalue weighted by molar-refractivity contribution is -0.191. The molecular weight excluding hydrogens is 424 g/mol. The fourth-order valence-corrected chi connectivity index (χ4v) is 6.41. The molecule has 2 heterocycles. The first kappa shape index (κ1) is 25.5. The average Bonchev–Trinajstić information content (AvgIpc) is 3.00. The van der Waals surface area contributed by atoms with E-state index >= 15 is 0 Å². The molecule has 0 aromatic heterocycles. The zero-order chi connectivity index (χ0) is 24.7. The second-order valence-electron chi connectivity index (χ2n) is 10.6. The van der Waals surface area contributed by atoms with E-state index in [1.54, 1.807) is 0 Å². The molecule has 1 saturated heterocycles. The molecule has 1 fully saturated rings. The molecule has 33 heavy (non-hydrogen) atoms. The van der Waals surface area contributed by atoms with Gasteiger partial charge in [-0.15, -0.1) is 0 Å². The Labute approximate surface area is 196 Å². The van der Waals surface area contributed by atoms with Gasteiger partial charge in [0.1, 0.15) is 23.4 Å². The molecule has 0 amide bonds. The van der Waals surface area contributed by atoms with Gasteiger partial charge in [0.25, 0.3) is 0 Å². The van der Waals surface area contributed by atoms with Crippen molar-refractivity contribution >= 4 is 17.9 Å². The highest BCUT2D eigenvalue weighted by atomic mass is 16.6. The summed E-state index contributed by atoms with van der Waals surface area (Å²) in [4.78, 5) is 36.2. The monoisotopic (exact) mass is 462 g/mol. The van der Waals surface area contributed by atoms with Crippen LogP contribution in [0.4, 0.5) is 0 Å². The minimum Gasteiger partial charge on any atom is -0.459 e. The van der Waals surface area contributed by atoms with Crippen molar-refractivity contribution in [2.75, 3.05) is 0 Å². The molecule has 3 aliphatic rings. The standard InChI is InChI=1S/C26H38O7/c1-14-10-9-11-26(8,33-18(5)29)24-22-21(19(12-14)31-24)15(2)13-20(30-16(3)27)23(22)25(6,7)32-17(4)28/h10,13,19-24H,9,11-12H2,1-8H3/b14-10-/t19-,20+,21?,22?,23?,24-,26?/m0/s1. The lowest BCUT2D eigenvalue weighted by Crippen LogP contribution is -2.57. The smallest absolute Gasteiger partial charge is 0.303 e. The lowest BCUT2D eigenvalue weighted by Gasteiger charge is -2.49. The minimum absolute atomic E-state index is 0.0120. The molecule has 3 rings (SSSR count). The topological polar surface area (TPSA) is 88.1 Å². The Balaban J connectivity index is 2.20. The zero-order valence-electron chi connectivity index (χ0n) is 21.1. The molecule has 1 aliphatic carbocycles. The van der Waals surface area contributed by atoms with Gasteiger partial charge in [0.15, 0.2) is 0 Å². The highest BCUT2D eigenvalue weighted by molar-refractivity contribution is 5.67. The number of carbonyl (C=O) groups is 3. The van der Waals surface area contributed by atoms with Crippen LogP contribution >= 0.6 is 0 Å². The van der Waals surface area contributed by atoms with Crippen LogP contribution in [-0.2, 0) is 33.3 Å². The van der Waals surface area contributed by atoms with E-state index in [0.29, 0.717) is 6.42 Å². The summed E-state index contributed by atoms with van der Waals surface area (Å²) in [5.74, 6) is -1.73. The SMILES string of the molecule is CC(=O)O[C@@H]1C=C(C)C2C(C1C(C)(C)OC(C)=O)[C@@H]1O[C@H]2C/C(C)=C\CCC1(C)OC(C)=O. The molecule has 0 aromatic carbocycles. The number of allylic oxidation sites excluding steroid dienone is 1. The predicted octanol–water partition coefficient (Wildman–Crippen LogP) is 4.29. The van der Waals surface area contributed by atoms with Gasteiger partial charge in [-0.1, -0.05) is 17.2 Å². The molecule has 0 N–H and O–H groups in total. The second kappa shape index (κ2) is 9.24. The summed E-state index contributed by atoms with van der Waals surface area (Å²) >= 11 is 0. The fourth-order valence-electron chi connectivity index (χ4n) is 6.41. The number of hydrogen-bond donors (Lipinski definition) is 0. The molecule has 0 saturated carbocycles. The summed E-state index contributed by atoms with van der Waals surface area (Å²) in [6, 6.07) is 0. The number of esters is 3. The molecule has 0 aromatic rings. The van der Waals surface area contributed by atoms with Crippen molar-refractivity contribution in [3.8, 4) is 0 Å². The average molecular weight is 463 g/mol. The molecule has 0 spiro atoms. The Kier molecular flexibility index (Phi) is 7.13. The Morgan fingerprint density at radius 2 is 1.76 bits per heavy atom. The van der Waals surface area contributed by atoms with Crippen LogP contribution < -0.4 is 0 Å². The van der Waals surface area contributed by atoms with E-state index in [2.05, 4.69) is 13.0 Å². The Morgan fingerprint density at radius 1 is 1.09 bits per heavy atom. The summed E-state index contributed by atoms with van der Waals surface area (Å²) < 4.78 is 24.3. The van der Waals surface area contributed by atoms with Crippen molar-refractivity contribution < 1.29 is 33.3 Å². The van der Waals surface area contributed by atoms with E-state index in [1.807, 2.05) is 33.8 Å². The van der Waals surface area contributed by atoms with Gasteiger partial charge in [0.2, 0.25) is 0 Å². The molecule has 7 nitrogen and oxygen atoms in total. The van der Waals surface area contributed by atoms with Gasteiger partial charge in [0.05, 0.1) is 6.10 Å². The van der Waals surface area contributed by atoms with Gasteiger partial charge in [-0.3, -0.25) is 14.4 Å². The molecule has 0 radical (unpaired) electrons. The van der Waals surface area contributed by atoms with E-state index in [-0.39, 0.29) is 29.8 Å². The van der Waals surface area contributed by atoms with Gasteiger partial charge in [-0.25, -0.2) is 0 Å². The zero-order valence-corrected chi connectivity index (χ0v) is 21.1. The van der Waals surface area contributed by atoms with Crippen LogP contribution in [0.5, 0.6) is 0 Å². The van der Waals surface area contributed by atoms with Gasteiger partial charge >= 0.3 is 17.9 Å². The Hall–Kier alpha value is -2.15. The molecule has 7 heteroatoms. The van der Waals surface area contributed by atoms with Crippen LogP contribution in [0.1, 0.15) is 74.7 Å². The maximum absolute atomic E-state index is 12.2. The maximum Gasteiger partial charge on any atom is 0.303 e. The highest BCUT2D eigenvalue weighted by Crippen LogP contribution is 2.55. The van der Waals surface area contributed by atoms with Crippen LogP contribution in [-0.4, -0.2) is 47.4 Å². The van der Waals surface area contributed by atoms with Crippen molar-refractivity contribution in [2.24, 2.45) is 17.8 Å². The summed E-state index contributed by atoms with van der Waals surface area (Å²) in [5.41, 5.74) is 0.479. The lowest BCUT2D eigenvalue weighted by atomic mass is 9.60. The van der Waals surface area contributed by atoms with Crippen molar-refractivity contribution in [2.45, 2.75) is 104 Å². The number of carbonyl (C=O) groups excluding carboxylic acids is 3. The predicted molar refractivity (Wildman–Crippen MR) is 122 cm³/mol. The van der Waals surface area contributed by atoms with Crippen molar-refractivity contribution in [3.05, 3.63) is 23.3 Å². The maximum atomic E-state index is 12.2. The summed E-state index contributed by atoms with van der Waals surface area (Å²) in [6.45, 7) is 13.9. The largest absolute Gasteiger partial charge is 0.459 e. The molecule has 2 bridgehead atoms. The van der Waals surface area contributed by atoms with Crippen LogP contribution in [0, 0.1) is 17.8 Å². The van der Waals surface area contributed by atoms with Gasteiger partial charge in [-0.05, 0) is 60.0 Å². The fraction of sp³-hybridized carbons (Fsp3) is 0.731. The Morgan fingerprint density at radius 3 is 2.33 bits per heavy atom. The van der Waals surface area contributed by atoms with Crippen LogP contribution in [0.15, 0.2) is 23.3 Å². The van der Waals surface area contributed by atoms with E-state index in [4.69, 9.17) is 18.9 Å². The summed E-state index contributed by atoms with van der Waals surface area (Å²) in [6.07, 6.45) is 5.15. The van der Waals surface area contributed by atoms with Crippen LogP contribution in [0.3, 0.4) is 0 Å². The molecule has 7 atom stereocenters. The van der Waals surface area contributed by atoms with E-state index in [9.17, 15) is 14.4 Å². The number of ether oxygens (including phenoxy) is 4. The minimum atomic E-state index is -0.950.